The van der Waals surface area contributed by atoms with Crippen LogP contribution in [0.25, 0.3) is 0 Å². The van der Waals surface area contributed by atoms with Crippen molar-refractivity contribution in [3.8, 4) is 0 Å². The Bertz CT molecular complexity index is 189. The number of hydrogen-bond donors (Lipinski definition) is 0. The van der Waals surface area contributed by atoms with Gasteiger partial charge in [0.2, 0.25) is 0 Å². The molecule has 0 aromatic carbocycles. The highest BCUT2D eigenvalue weighted by atomic mass is 16.1. The summed E-state index contributed by atoms with van der Waals surface area (Å²) in [5.41, 5.74) is -0.199. The van der Waals surface area contributed by atoms with Crippen molar-refractivity contribution >= 4 is 6.29 Å². The van der Waals surface area contributed by atoms with Crippen LogP contribution in [0.15, 0.2) is 12.2 Å². The number of rotatable bonds is 3. The quantitative estimate of drug-likeness (QED) is 0.481. The molecule has 1 aliphatic carbocycles. The van der Waals surface area contributed by atoms with E-state index in [0.29, 0.717) is 5.92 Å². The summed E-state index contributed by atoms with van der Waals surface area (Å²) in [5.74, 6) is 0.579. The van der Waals surface area contributed by atoms with Gasteiger partial charge in [0.1, 0.15) is 6.29 Å². The molecular formula is C12H20O. The minimum Gasteiger partial charge on any atom is -0.302 e. The van der Waals surface area contributed by atoms with Gasteiger partial charge in [0.05, 0.1) is 0 Å². The molecule has 0 aromatic heterocycles. The van der Waals surface area contributed by atoms with Gasteiger partial charge in [-0.25, -0.2) is 0 Å². The number of carbonyl (C=O) groups is 1. The van der Waals surface area contributed by atoms with Gasteiger partial charge in [0.25, 0.3) is 0 Å². The van der Waals surface area contributed by atoms with Crippen molar-refractivity contribution in [2.75, 3.05) is 0 Å². The Morgan fingerprint density at radius 1 is 1.23 bits per heavy atom. The van der Waals surface area contributed by atoms with Crippen LogP contribution in [0.4, 0.5) is 0 Å². The van der Waals surface area contributed by atoms with E-state index in [9.17, 15) is 4.79 Å². The van der Waals surface area contributed by atoms with E-state index in [1.54, 1.807) is 0 Å². The molecule has 1 heteroatoms. The summed E-state index contributed by atoms with van der Waals surface area (Å²) < 4.78 is 0. The molecule has 1 unspecified atom stereocenters. The van der Waals surface area contributed by atoms with Crippen molar-refractivity contribution in [3.05, 3.63) is 12.2 Å². The molecule has 0 saturated heterocycles. The lowest BCUT2D eigenvalue weighted by atomic mass is 9.70. The van der Waals surface area contributed by atoms with Crippen LogP contribution in [0.2, 0.25) is 0 Å². The maximum Gasteiger partial charge on any atom is 0.129 e. The fraction of sp³-hybridized carbons (Fsp3) is 0.750. The lowest BCUT2D eigenvalue weighted by molar-refractivity contribution is -0.116. The molecule has 1 saturated carbocycles. The highest BCUT2D eigenvalue weighted by Crippen LogP contribution is 2.38. The molecule has 0 aromatic rings. The minimum atomic E-state index is -0.199. The van der Waals surface area contributed by atoms with E-state index in [-0.39, 0.29) is 5.41 Å². The highest BCUT2D eigenvalue weighted by Gasteiger charge is 2.31. The molecular weight excluding hydrogens is 160 g/mol. The van der Waals surface area contributed by atoms with E-state index >= 15 is 0 Å². The first-order chi connectivity index (χ1) is 6.23. The second kappa shape index (κ2) is 4.59. The molecule has 0 radical (unpaired) electrons. The van der Waals surface area contributed by atoms with Crippen molar-refractivity contribution in [1.29, 1.82) is 0 Å². The molecule has 1 fully saturated rings. The molecule has 0 spiro atoms. The standard InChI is InChI=1S/C12H20O/c1-3-9-12(2,10-13)11-7-5-4-6-8-11/h3,9-11H,4-8H2,1-2H3/b9-3+. The second-order valence-electron chi connectivity index (χ2n) is 4.32. The van der Waals surface area contributed by atoms with Gasteiger partial charge in [-0.15, -0.1) is 0 Å². The molecule has 1 nitrogen and oxygen atoms in total. The molecule has 0 bridgehead atoms. The van der Waals surface area contributed by atoms with E-state index < -0.39 is 0 Å². The largest absolute Gasteiger partial charge is 0.302 e. The predicted octanol–water partition coefficient (Wildman–Crippen LogP) is 3.35. The number of carbonyl (C=O) groups excluding carboxylic acids is 1. The molecule has 13 heavy (non-hydrogen) atoms. The fourth-order valence-corrected chi connectivity index (χ4v) is 2.36. The SMILES string of the molecule is C/C=C/C(C)(C=O)C1CCCCC1. The molecule has 1 atom stereocenters. The van der Waals surface area contributed by atoms with E-state index in [4.69, 9.17) is 0 Å². The van der Waals surface area contributed by atoms with Gasteiger partial charge in [-0.05, 0) is 32.6 Å². The average Bonchev–Trinajstić information content (AvgIpc) is 2.19. The maximum atomic E-state index is 11.1. The van der Waals surface area contributed by atoms with E-state index in [1.165, 1.54) is 32.1 Å². The zero-order chi connectivity index (χ0) is 9.73. The van der Waals surface area contributed by atoms with Crippen molar-refractivity contribution in [2.24, 2.45) is 11.3 Å². The monoisotopic (exact) mass is 180 g/mol. The smallest absolute Gasteiger partial charge is 0.129 e. The predicted molar refractivity (Wildman–Crippen MR) is 55.6 cm³/mol. The van der Waals surface area contributed by atoms with Crippen LogP contribution in [0.3, 0.4) is 0 Å². The number of allylic oxidation sites excluding steroid dienone is 2. The average molecular weight is 180 g/mol. The molecule has 1 rings (SSSR count). The normalized spacial score (nSPS) is 24.5. The van der Waals surface area contributed by atoms with Crippen molar-refractivity contribution in [2.45, 2.75) is 46.0 Å². The summed E-state index contributed by atoms with van der Waals surface area (Å²) in [7, 11) is 0. The van der Waals surface area contributed by atoms with Crippen LogP contribution < -0.4 is 0 Å². The number of hydrogen-bond acceptors (Lipinski definition) is 1. The van der Waals surface area contributed by atoms with E-state index in [2.05, 4.69) is 13.0 Å². The van der Waals surface area contributed by atoms with Crippen molar-refractivity contribution < 1.29 is 4.79 Å². The lowest BCUT2D eigenvalue weighted by Crippen LogP contribution is -2.28. The second-order valence-corrected chi connectivity index (χ2v) is 4.32. The summed E-state index contributed by atoms with van der Waals surface area (Å²) in [6.45, 7) is 4.06. The van der Waals surface area contributed by atoms with Gasteiger partial charge in [-0.1, -0.05) is 31.4 Å². The van der Waals surface area contributed by atoms with Gasteiger partial charge in [-0.2, -0.15) is 0 Å². The van der Waals surface area contributed by atoms with Gasteiger partial charge >= 0.3 is 0 Å². The van der Waals surface area contributed by atoms with Gasteiger partial charge in [0.15, 0.2) is 0 Å². The zero-order valence-electron chi connectivity index (χ0n) is 8.75. The van der Waals surface area contributed by atoms with Crippen LogP contribution >= 0.6 is 0 Å². The van der Waals surface area contributed by atoms with Crippen LogP contribution in [0.5, 0.6) is 0 Å². The first-order valence-corrected chi connectivity index (χ1v) is 5.33. The molecule has 0 aliphatic heterocycles. The maximum absolute atomic E-state index is 11.1. The van der Waals surface area contributed by atoms with Gasteiger partial charge < -0.3 is 4.79 Å². The van der Waals surface area contributed by atoms with E-state index in [0.717, 1.165) is 6.29 Å². The van der Waals surface area contributed by atoms with Gasteiger partial charge in [-0.3, -0.25) is 0 Å². The van der Waals surface area contributed by atoms with Crippen molar-refractivity contribution in [3.63, 3.8) is 0 Å². The Kier molecular flexibility index (Phi) is 3.71. The van der Waals surface area contributed by atoms with E-state index in [1.807, 2.05) is 13.0 Å². The topological polar surface area (TPSA) is 17.1 Å². The van der Waals surface area contributed by atoms with Crippen LogP contribution in [0, 0.1) is 11.3 Å². The summed E-state index contributed by atoms with van der Waals surface area (Å²) >= 11 is 0. The third-order valence-corrected chi connectivity index (χ3v) is 3.26. The molecule has 0 heterocycles. The zero-order valence-corrected chi connectivity index (χ0v) is 8.75. The number of aldehydes is 1. The first kappa shape index (κ1) is 10.5. The first-order valence-electron chi connectivity index (χ1n) is 5.33. The molecule has 1 aliphatic rings. The van der Waals surface area contributed by atoms with Crippen molar-refractivity contribution in [1.82, 2.24) is 0 Å². The summed E-state index contributed by atoms with van der Waals surface area (Å²) in [6.07, 6.45) is 11.6. The molecule has 74 valence electrons. The van der Waals surface area contributed by atoms with Crippen LogP contribution in [0.1, 0.15) is 46.0 Å². The Morgan fingerprint density at radius 2 is 1.85 bits per heavy atom. The molecule has 0 amide bonds. The minimum absolute atomic E-state index is 0.199. The molecule has 0 N–H and O–H groups in total. The third kappa shape index (κ3) is 2.43. The lowest BCUT2D eigenvalue weighted by Gasteiger charge is -2.33. The fourth-order valence-electron chi connectivity index (χ4n) is 2.36. The van der Waals surface area contributed by atoms with Crippen LogP contribution in [-0.2, 0) is 4.79 Å². The van der Waals surface area contributed by atoms with Crippen LogP contribution in [-0.4, -0.2) is 6.29 Å². The van der Waals surface area contributed by atoms with Gasteiger partial charge in [0, 0.05) is 5.41 Å². The third-order valence-electron chi connectivity index (χ3n) is 3.26. The summed E-state index contributed by atoms with van der Waals surface area (Å²) in [5, 5.41) is 0. The highest BCUT2D eigenvalue weighted by molar-refractivity contribution is 5.62. The Morgan fingerprint density at radius 3 is 2.31 bits per heavy atom. The summed E-state index contributed by atoms with van der Waals surface area (Å²) in [6, 6.07) is 0. The Hall–Kier alpha value is -0.590. The Balaban J connectivity index is 2.67. The Labute approximate surface area is 81.2 Å². The summed E-state index contributed by atoms with van der Waals surface area (Å²) in [4.78, 5) is 11.1.